The van der Waals surface area contributed by atoms with Crippen LogP contribution < -0.4 is 20.5 Å². The fraction of sp³-hybridized carbons (Fsp3) is 0.250. The Hall–Kier alpha value is -4.21. The van der Waals surface area contributed by atoms with E-state index in [0.29, 0.717) is 23.5 Å². The van der Waals surface area contributed by atoms with E-state index in [1.54, 1.807) is 49.2 Å². The summed E-state index contributed by atoms with van der Waals surface area (Å²) in [6.45, 7) is 2.09. The zero-order valence-electron chi connectivity index (χ0n) is 21.0. The average Bonchev–Trinajstić information content (AvgIpc) is 3.35. The minimum atomic E-state index is -3.88. The third-order valence-electron chi connectivity index (χ3n) is 6.06. The quantitative estimate of drug-likeness (QED) is 0.247. The number of anilines is 2. The number of nitrogens with zero attached hydrogens (tertiary/aromatic N) is 4. The number of carbonyl (C=O) groups is 3. The topological polar surface area (TPSA) is 172 Å². The molecule has 1 aromatic heterocycles. The van der Waals surface area contributed by atoms with Crippen molar-refractivity contribution in [3.8, 4) is 0 Å². The molecule has 0 aliphatic carbocycles. The first-order valence-corrected chi connectivity index (χ1v) is 13.7. The number of carbonyl (C=O) groups excluding carboxylic acids is 3. The van der Waals surface area contributed by atoms with E-state index in [0.717, 1.165) is 0 Å². The van der Waals surface area contributed by atoms with Gasteiger partial charge in [-0.2, -0.15) is 0 Å². The maximum atomic E-state index is 13.2. The molecule has 13 nitrogen and oxygen atoms in total. The number of primary sulfonamides is 1. The normalized spacial score (nSPS) is 15.5. The van der Waals surface area contributed by atoms with Gasteiger partial charge in [0.2, 0.25) is 21.2 Å². The summed E-state index contributed by atoms with van der Waals surface area (Å²) in [5.41, 5.74) is 1.17. The van der Waals surface area contributed by atoms with Gasteiger partial charge in [0, 0.05) is 17.8 Å². The molecule has 1 fully saturated rings. The van der Waals surface area contributed by atoms with Gasteiger partial charge in [0.05, 0.1) is 11.3 Å². The highest BCUT2D eigenvalue weighted by molar-refractivity contribution is 7.89. The van der Waals surface area contributed by atoms with E-state index in [9.17, 15) is 22.8 Å². The molecule has 2 aromatic carbocycles. The lowest BCUT2D eigenvalue weighted by molar-refractivity contribution is -0.746. The molecule has 0 radical (unpaired) electrons. The number of rotatable bonds is 9. The van der Waals surface area contributed by atoms with Crippen molar-refractivity contribution in [1.82, 2.24) is 15.1 Å². The third kappa shape index (κ3) is 6.10. The molecular formula is C24H26N7O6S2+. The second-order valence-corrected chi connectivity index (χ2v) is 10.5. The summed E-state index contributed by atoms with van der Waals surface area (Å²) in [6.07, 6.45) is -0.243. The van der Waals surface area contributed by atoms with Crippen LogP contribution in [0, 0.1) is 0 Å². The summed E-state index contributed by atoms with van der Waals surface area (Å²) >= 11 is 5.55. The molecule has 39 heavy (non-hydrogen) atoms. The molecule has 0 spiro atoms. The predicted octanol–water partition coefficient (Wildman–Crippen LogP) is 0.745. The largest absolute Gasteiger partial charge is 0.326 e. The van der Waals surface area contributed by atoms with Gasteiger partial charge in [-0.25, -0.2) is 13.6 Å². The molecular weight excluding hydrogens is 546 g/mol. The number of aryl methyl sites for hydroxylation is 1. The molecule has 1 aliphatic heterocycles. The Morgan fingerprint density at radius 2 is 1.79 bits per heavy atom. The number of sulfonamides is 1. The lowest BCUT2D eigenvalue weighted by atomic mass is 10.1. The van der Waals surface area contributed by atoms with Crippen molar-refractivity contribution < 1.29 is 32.0 Å². The second-order valence-electron chi connectivity index (χ2n) is 8.62. The van der Waals surface area contributed by atoms with Crippen LogP contribution in [0.15, 0.2) is 64.0 Å². The summed E-state index contributed by atoms with van der Waals surface area (Å²) in [5.74, 6) is -1.17. The summed E-state index contributed by atoms with van der Waals surface area (Å²) < 4.78 is 29.7. The van der Waals surface area contributed by atoms with Gasteiger partial charge in [0.1, 0.15) is 12.6 Å². The van der Waals surface area contributed by atoms with Crippen LogP contribution >= 0.6 is 12.2 Å². The summed E-state index contributed by atoms with van der Waals surface area (Å²) in [5, 5.41) is 14.6. The molecule has 3 aromatic rings. The third-order valence-corrected chi connectivity index (χ3v) is 7.44. The molecule has 1 saturated heterocycles. The molecule has 15 heteroatoms. The SMILES string of the molecule is CCN1C(=O)C(CC(=O)Nc2ccc(S(N)(=O)=O)cc2)N(Cc2c(NC(=O)c3ccccc3)on[n+]2C)C1=S. The second kappa shape index (κ2) is 11.3. The molecule has 4 N–H and O–H groups in total. The van der Waals surface area contributed by atoms with E-state index in [1.807, 2.05) is 0 Å². The summed E-state index contributed by atoms with van der Waals surface area (Å²) in [4.78, 5) is 41.6. The van der Waals surface area contributed by atoms with Crippen molar-refractivity contribution in [3.63, 3.8) is 0 Å². The van der Waals surface area contributed by atoms with Gasteiger partial charge < -0.3 is 10.2 Å². The van der Waals surface area contributed by atoms with Gasteiger partial charge >= 0.3 is 5.88 Å². The highest BCUT2D eigenvalue weighted by Gasteiger charge is 2.44. The van der Waals surface area contributed by atoms with Crippen LogP contribution in [-0.2, 0) is 33.2 Å². The number of amides is 3. The van der Waals surface area contributed by atoms with Crippen molar-refractivity contribution in [2.24, 2.45) is 12.2 Å². The molecule has 3 amide bonds. The van der Waals surface area contributed by atoms with E-state index in [2.05, 4.69) is 15.9 Å². The highest BCUT2D eigenvalue weighted by Crippen LogP contribution is 2.25. The van der Waals surface area contributed by atoms with Gasteiger partial charge in [-0.1, -0.05) is 18.2 Å². The van der Waals surface area contributed by atoms with E-state index in [-0.39, 0.29) is 34.8 Å². The predicted molar refractivity (Wildman–Crippen MR) is 142 cm³/mol. The lowest BCUT2D eigenvalue weighted by Crippen LogP contribution is -2.43. The smallest absolute Gasteiger partial charge is 0.307 e. The standard InChI is InChI=1S/C24H25N7O6S2/c1-3-30-23(34)18(13-20(32)26-16-9-11-17(12-10-16)39(25,35)36)31(24(30)38)14-19-22(37-28-29(19)2)27-21(33)15-7-5-4-6-8-15/h4-12,18H,3,13-14H2,1-2H3,(H3-,25,26,27,28,32,33,35,36)/p+1. The monoisotopic (exact) mass is 572 g/mol. The summed E-state index contributed by atoms with van der Waals surface area (Å²) in [7, 11) is -2.26. The number of nitrogens with two attached hydrogens (primary N) is 1. The average molecular weight is 573 g/mol. The number of hydrogen-bond acceptors (Lipinski definition) is 8. The number of aromatic nitrogens is 2. The Morgan fingerprint density at radius 3 is 2.41 bits per heavy atom. The van der Waals surface area contributed by atoms with Gasteiger partial charge in [-0.15, -0.1) is 0 Å². The highest BCUT2D eigenvalue weighted by atomic mass is 32.2. The van der Waals surface area contributed by atoms with Crippen LogP contribution in [0.25, 0.3) is 0 Å². The summed E-state index contributed by atoms with van der Waals surface area (Å²) in [6, 6.07) is 12.9. The molecule has 4 rings (SSSR count). The lowest BCUT2D eigenvalue weighted by Gasteiger charge is -2.21. The first-order chi connectivity index (χ1) is 18.5. The Balaban J connectivity index is 1.52. The van der Waals surface area contributed by atoms with E-state index >= 15 is 0 Å². The number of hydrogen-bond donors (Lipinski definition) is 3. The molecule has 204 valence electrons. The van der Waals surface area contributed by atoms with Crippen LogP contribution in [0.4, 0.5) is 11.6 Å². The van der Waals surface area contributed by atoms with Crippen molar-refractivity contribution >= 4 is 56.6 Å². The Bertz CT molecular complexity index is 1520. The molecule has 0 bridgehead atoms. The number of benzene rings is 2. The van der Waals surface area contributed by atoms with E-state index in [1.165, 1.54) is 33.8 Å². The minimum Gasteiger partial charge on any atom is -0.326 e. The Kier molecular flexibility index (Phi) is 8.03. The van der Waals surface area contributed by atoms with Crippen molar-refractivity contribution in [2.45, 2.75) is 30.8 Å². The van der Waals surface area contributed by atoms with Crippen LogP contribution in [0.3, 0.4) is 0 Å². The fourth-order valence-electron chi connectivity index (χ4n) is 4.02. The van der Waals surface area contributed by atoms with Crippen LogP contribution in [0.2, 0.25) is 0 Å². The maximum absolute atomic E-state index is 13.2. The van der Waals surface area contributed by atoms with Crippen LogP contribution in [0.5, 0.6) is 0 Å². The Labute approximate surface area is 229 Å². The maximum Gasteiger partial charge on any atom is 0.307 e. The minimum absolute atomic E-state index is 0.0203. The van der Waals surface area contributed by atoms with Crippen molar-refractivity contribution in [2.75, 3.05) is 17.2 Å². The first-order valence-electron chi connectivity index (χ1n) is 11.8. The number of nitrogens with one attached hydrogen (secondary N) is 2. The van der Waals surface area contributed by atoms with Gasteiger partial charge in [-0.05, 0) is 60.2 Å². The van der Waals surface area contributed by atoms with Gasteiger partial charge in [-0.3, -0.25) is 29.1 Å². The van der Waals surface area contributed by atoms with Crippen molar-refractivity contribution in [1.29, 1.82) is 0 Å². The molecule has 1 unspecified atom stereocenters. The van der Waals surface area contributed by atoms with Gasteiger partial charge in [0.25, 0.3) is 17.5 Å². The molecule has 2 heterocycles. The van der Waals surface area contributed by atoms with Crippen LogP contribution in [-0.4, -0.2) is 58.9 Å². The fourth-order valence-corrected chi connectivity index (χ4v) is 4.95. The first kappa shape index (κ1) is 27.8. The molecule has 1 aliphatic rings. The molecule has 1 atom stereocenters. The molecule has 0 saturated carbocycles. The Morgan fingerprint density at radius 1 is 1.13 bits per heavy atom. The van der Waals surface area contributed by atoms with Crippen LogP contribution in [0.1, 0.15) is 29.4 Å². The van der Waals surface area contributed by atoms with Gasteiger partial charge in [0.15, 0.2) is 12.2 Å². The van der Waals surface area contributed by atoms with E-state index in [4.69, 9.17) is 21.9 Å². The van der Waals surface area contributed by atoms with E-state index < -0.39 is 27.9 Å². The van der Waals surface area contributed by atoms with Crippen molar-refractivity contribution in [3.05, 3.63) is 65.9 Å². The number of thiocarbonyl (C=S) groups is 1. The number of likely N-dealkylation sites (N-methyl/N-ethyl adjacent to an activating group) is 1. The zero-order valence-corrected chi connectivity index (χ0v) is 22.7. The zero-order chi connectivity index (χ0) is 28.3.